The van der Waals surface area contributed by atoms with Crippen LogP contribution in [0.4, 0.5) is 5.69 Å². The number of nitrogens with zero attached hydrogens (tertiary/aromatic N) is 2. The highest BCUT2D eigenvalue weighted by molar-refractivity contribution is 5.64. The van der Waals surface area contributed by atoms with Gasteiger partial charge < -0.3 is 5.73 Å². The van der Waals surface area contributed by atoms with E-state index >= 15 is 0 Å². The molecule has 0 aliphatic carbocycles. The van der Waals surface area contributed by atoms with Gasteiger partial charge in [0, 0.05) is 0 Å². The van der Waals surface area contributed by atoms with Crippen molar-refractivity contribution in [2.24, 2.45) is 0 Å². The van der Waals surface area contributed by atoms with E-state index < -0.39 is 0 Å². The molecule has 0 radical (unpaired) electrons. The highest BCUT2D eigenvalue weighted by atomic mass is 14.6. The maximum absolute atomic E-state index is 8.62. The Morgan fingerprint density at radius 3 is 1.92 bits per heavy atom. The van der Waals surface area contributed by atoms with Crippen LogP contribution < -0.4 is 5.73 Å². The van der Waals surface area contributed by atoms with E-state index in [1.54, 1.807) is 12.1 Å². The molecule has 0 saturated heterocycles. The molecule has 0 unspecified atom stereocenters. The molecule has 1 aromatic rings. The first-order chi connectivity index (χ1) is 5.69. The predicted octanol–water partition coefficient (Wildman–Crippen LogP) is 1.32. The van der Waals surface area contributed by atoms with Gasteiger partial charge in [-0.25, -0.2) is 0 Å². The Morgan fingerprint density at radius 2 is 1.58 bits per heavy atom. The summed E-state index contributed by atoms with van der Waals surface area (Å²) in [5, 5.41) is 17.2. The van der Waals surface area contributed by atoms with Gasteiger partial charge in [0.15, 0.2) is 0 Å². The maximum atomic E-state index is 8.62. The fraction of sp³-hybridized carbons (Fsp3) is 0.111. The smallest absolute Gasteiger partial charge is 0.101 e. The molecular weight excluding hydrogens is 150 g/mol. The highest BCUT2D eigenvalue weighted by Crippen LogP contribution is 2.17. The van der Waals surface area contributed by atoms with Gasteiger partial charge in [-0.2, -0.15) is 10.5 Å². The molecule has 0 spiro atoms. The number of aryl methyl sites for hydroxylation is 1. The van der Waals surface area contributed by atoms with Crippen LogP contribution in [0.25, 0.3) is 0 Å². The molecule has 0 amide bonds. The van der Waals surface area contributed by atoms with Crippen molar-refractivity contribution in [3.63, 3.8) is 0 Å². The third kappa shape index (κ3) is 1.21. The lowest BCUT2D eigenvalue weighted by atomic mass is 10.1. The zero-order valence-corrected chi connectivity index (χ0v) is 6.63. The molecule has 3 nitrogen and oxygen atoms in total. The second kappa shape index (κ2) is 2.94. The summed E-state index contributed by atoms with van der Waals surface area (Å²) in [6.07, 6.45) is 0. The monoisotopic (exact) mass is 157 g/mol. The number of hydrogen-bond acceptors (Lipinski definition) is 3. The molecule has 1 rings (SSSR count). The summed E-state index contributed by atoms with van der Waals surface area (Å²) in [6.45, 7) is 1.82. The lowest BCUT2D eigenvalue weighted by Crippen LogP contribution is -1.95. The van der Waals surface area contributed by atoms with E-state index in [4.69, 9.17) is 16.3 Å². The van der Waals surface area contributed by atoms with Crippen molar-refractivity contribution in [3.05, 3.63) is 28.8 Å². The van der Waals surface area contributed by atoms with E-state index in [9.17, 15) is 0 Å². The van der Waals surface area contributed by atoms with E-state index in [-0.39, 0.29) is 5.69 Å². The van der Waals surface area contributed by atoms with Gasteiger partial charge in [-0.3, -0.25) is 0 Å². The summed E-state index contributed by atoms with van der Waals surface area (Å²) >= 11 is 0. The lowest BCUT2D eigenvalue weighted by Gasteiger charge is -2.00. The van der Waals surface area contributed by atoms with Gasteiger partial charge in [0.25, 0.3) is 0 Å². The molecule has 58 valence electrons. The molecule has 0 atom stereocenters. The average molecular weight is 157 g/mol. The molecule has 2 N–H and O–H groups in total. The van der Waals surface area contributed by atoms with Crippen LogP contribution in [0.2, 0.25) is 0 Å². The molecule has 0 aromatic heterocycles. The molecule has 0 saturated carbocycles. The molecule has 1 aromatic carbocycles. The molecule has 0 heterocycles. The van der Waals surface area contributed by atoms with Crippen LogP contribution in [0.3, 0.4) is 0 Å². The maximum Gasteiger partial charge on any atom is 0.101 e. The summed E-state index contributed by atoms with van der Waals surface area (Å²) in [4.78, 5) is 0. The van der Waals surface area contributed by atoms with Crippen molar-refractivity contribution >= 4 is 5.69 Å². The standard InChI is InChI=1S/C9H7N3/c1-6-2-7(4-10)9(12)8(3-6)5-11/h2-3H,12H2,1H3. The second-order valence-electron chi connectivity index (χ2n) is 2.50. The van der Waals surface area contributed by atoms with E-state index in [0.29, 0.717) is 11.1 Å². The zero-order valence-electron chi connectivity index (χ0n) is 6.63. The molecule has 0 fully saturated rings. The predicted molar refractivity (Wildman–Crippen MR) is 45.0 cm³/mol. The number of hydrogen-bond donors (Lipinski definition) is 1. The number of rotatable bonds is 0. The largest absolute Gasteiger partial charge is 0.397 e. The molecule has 12 heavy (non-hydrogen) atoms. The Kier molecular flexibility index (Phi) is 1.98. The van der Waals surface area contributed by atoms with Gasteiger partial charge in [0.2, 0.25) is 0 Å². The van der Waals surface area contributed by atoms with Crippen LogP contribution in [-0.2, 0) is 0 Å². The summed E-state index contributed by atoms with van der Waals surface area (Å²) < 4.78 is 0. The average Bonchev–Trinajstić information content (AvgIpc) is 2.08. The minimum atomic E-state index is 0.269. The molecule has 0 aliphatic heterocycles. The second-order valence-corrected chi connectivity index (χ2v) is 2.50. The minimum Gasteiger partial charge on any atom is -0.397 e. The fourth-order valence-corrected chi connectivity index (χ4v) is 0.983. The van der Waals surface area contributed by atoms with Crippen LogP contribution in [-0.4, -0.2) is 0 Å². The normalized spacial score (nSPS) is 8.58. The summed E-state index contributed by atoms with van der Waals surface area (Å²) in [7, 11) is 0. The van der Waals surface area contributed by atoms with Gasteiger partial charge in [-0.05, 0) is 24.6 Å². The Hall–Kier alpha value is -2.00. The SMILES string of the molecule is Cc1cc(C#N)c(N)c(C#N)c1. The number of benzene rings is 1. The first-order valence-electron chi connectivity index (χ1n) is 3.39. The fourth-order valence-electron chi connectivity index (χ4n) is 0.983. The topological polar surface area (TPSA) is 73.6 Å². The van der Waals surface area contributed by atoms with Crippen molar-refractivity contribution in [3.8, 4) is 12.1 Å². The Labute approximate surface area is 70.7 Å². The first kappa shape index (κ1) is 8.10. The number of anilines is 1. The molecule has 0 aliphatic rings. The molecular formula is C9H7N3. The Bertz CT molecular complexity index is 358. The van der Waals surface area contributed by atoms with Crippen LogP contribution >= 0.6 is 0 Å². The minimum absolute atomic E-state index is 0.269. The quantitative estimate of drug-likeness (QED) is 0.577. The van der Waals surface area contributed by atoms with Gasteiger partial charge in [-0.15, -0.1) is 0 Å². The third-order valence-electron chi connectivity index (χ3n) is 1.57. The summed E-state index contributed by atoms with van der Waals surface area (Å²) in [6, 6.07) is 7.20. The zero-order chi connectivity index (χ0) is 9.14. The highest BCUT2D eigenvalue weighted by Gasteiger charge is 2.04. The van der Waals surface area contributed by atoms with Crippen LogP contribution in [0.15, 0.2) is 12.1 Å². The third-order valence-corrected chi connectivity index (χ3v) is 1.57. The van der Waals surface area contributed by atoms with Gasteiger partial charge in [-0.1, -0.05) is 0 Å². The van der Waals surface area contributed by atoms with Crippen molar-refractivity contribution in [2.45, 2.75) is 6.92 Å². The number of nitrogen functional groups attached to an aromatic ring is 1. The van der Waals surface area contributed by atoms with E-state index in [2.05, 4.69) is 0 Å². The van der Waals surface area contributed by atoms with Crippen LogP contribution in [0.5, 0.6) is 0 Å². The van der Waals surface area contributed by atoms with E-state index in [1.165, 1.54) is 0 Å². The van der Waals surface area contributed by atoms with Crippen molar-refractivity contribution in [1.29, 1.82) is 10.5 Å². The Balaban J connectivity index is 3.48. The summed E-state index contributed by atoms with van der Waals surface area (Å²) in [5.74, 6) is 0. The molecule has 3 heteroatoms. The summed E-state index contributed by atoms with van der Waals surface area (Å²) in [5.41, 5.74) is 7.40. The molecule has 0 bridgehead atoms. The van der Waals surface area contributed by atoms with Gasteiger partial charge in [0.05, 0.1) is 16.8 Å². The number of nitrogens with two attached hydrogens (primary N) is 1. The van der Waals surface area contributed by atoms with Crippen molar-refractivity contribution in [2.75, 3.05) is 5.73 Å². The van der Waals surface area contributed by atoms with E-state index in [0.717, 1.165) is 5.56 Å². The lowest BCUT2D eigenvalue weighted by molar-refractivity contribution is 1.39. The van der Waals surface area contributed by atoms with Crippen molar-refractivity contribution < 1.29 is 0 Å². The van der Waals surface area contributed by atoms with E-state index in [1.807, 2.05) is 19.1 Å². The van der Waals surface area contributed by atoms with Crippen molar-refractivity contribution in [1.82, 2.24) is 0 Å². The van der Waals surface area contributed by atoms with Gasteiger partial charge in [0.1, 0.15) is 12.1 Å². The number of nitriles is 2. The van der Waals surface area contributed by atoms with Crippen LogP contribution in [0.1, 0.15) is 16.7 Å². The van der Waals surface area contributed by atoms with Crippen LogP contribution in [0, 0.1) is 29.6 Å². The first-order valence-corrected chi connectivity index (χ1v) is 3.39. The Morgan fingerprint density at radius 1 is 1.17 bits per heavy atom. The van der Waals surface area contributed by atoms with Gasteiger partial charge >= 0.3 is 0 Å².